The van der Waals surface area contributed by atoms with E-state index in [1.807, 2.05) is 5.32 Å². The molecule has 0 saturated carbocycles. The highest BCUT2D eigenvalue weighted by molar-refractivity contribution is 6.00. The summed E-state index contributed by atoms with van der Waals surface area (Å²) in [4.78, 5) is 205. The van der Waals surface area contributed by atoms with Crippen molar-refractivity contribution < 1.29 is 118 Å². The van der Waals surface area contributed by atoms with E-state index in [1.54, 1.807) is 30.3 Å². The standard InChI is InChI=1S/C61H76N14O24/c62-36(21-48(82)83)60(97)75-16-4-7-46(75)59(96)64-25-47(81)66-40(22-49(84)85)54(91)73-43(26-76)56(93)68-38(18-31-8-12-34(79)13-9-31)52(89)72-45(28-78)58(95)74-44(27-77)57(94)69-39(20-33-24-63-29-65-33)53(90)67-37(17-30-5-2-1-3-6-30)51(88)70-41(23-50(86)87)55(92)71-42(61(98)99)19-32-10-14-35(80)15-11-32/h1-3,5-6,8-15,24,29,36-46,76-80H,4,7,16-23,25-28,62H2,(H,63,65)(H,64,96)(H,66,81)(H,67,90)(H,68,93)(H,69,94)(H,70,88)(H,71,92)(H,72,89)(H,73,91)(H,74,95)(H,82,83)(H,84,85)(H,86,87)(H,98,99)/t36-,37-,38-,39-,40-,41-,42-,43-,44-,45-,46-/m0/s1. The molecule has 2 heterocycles. The van der Waals surface area contributed by atoms with Gasteiger partial charge >= 0.3 is 23.9 Å². The average Bonchev–Trinajstić information content (AvgIpc) is 1.82. The maximum atomic E-state index is 14.4. The second-order valence-corrected chi connectivity index (χ2v) is 22.5. The van der Waals surface area contributed by atoms with Crippen molar-refractivity contribution in [3.8, 4) is 11.5 Å². The number of aliphatic hydroxyl groups is 3. The number of carbonyl (C=O) groups excluding carboxylic acids is 11. The summed E-state index contributed by atoms with van der Waals surface area (Å²) in [6, 6.07) is -1.48. The number of H-pyrrole nitrogens is 1. The highest BCUT2D eigenvalue weighted by Crippen LogP contribution is 2.20. The number of benzene rings is 3. The minimum absolute atomic E-state index is 0.0363. The molecule has 1 saturated heterocycles. The van der Waals surface area contributed by atoms with Crippen LogP contribution in [0.15, 0.2) is 91.4 Å². The lowest BCUT2D eigenvalue weighted by Gasteiger charge is -2.27. The van der Waals surface area contributed by atoms with Crippen molar-refractivity contribution in [1.29, 1.82) is 0 Å². The molecule has 0 unspecified atom stereocenters. The Labute approximate surface area is 561 Å². The number of phenols is 2. The van der Waals surface area contributed by atoms with E-state index in [9.17, 15) is 113 Å². The molecule has 0 bridgehead atoms. The largest absolute Gasteiger partial charge is 0.508 e. The minimum Gasteiger partial charge on any atom is -0.508 e. The molecule has 99 heavy (non-hydrogen) atoms. The number of carbonyl (C=O) groups is 15. The molecular weight excluding hydrogens is 1310 g/mol. The van der Waals surface area contributed by atoms with Gasteiger partial charge in [-0.15, -0.1) is 0 Å². The number of carboxylic acid groups (broad SMARTS) is 4. The van der Waals surface area contributed by atoms with Gasteiger partial charge < -0.3 is 115 Å². The Morgan fingerprint density at radius 3 is 1.26 bits per heavy atom. The third-order valence-electron chi connectivity index (χ3n) is 15.0. The summed E-state index contributed by atoms with van der Waals surface area (Å²) < 4.78 is 0. The van der Waals surface area contributed by atoms with Crippen LogP contribution in [0.25, 0.3) is 0 Å². The molecule has 0 spiro atoms. The lowest BCUT2D eigenvalue weighted by Crippen LogP contribution is -2.62. The molecule has 534 valence electrons. The lowest BCUT2D eigenvalue weighted by molar-refractivity contribution is -0.144. The number of aromatic nitrogens is 2. The van der Waals surface area contributed by atoms with E-state index in [4.69, 9.17) is 10.8 Å². The van der Waals surface area contributed by atoms with E-state index in [-0.39, 0.29) is 48.6 Å². The minimum atomic E-state index is -2.04. The van der Waals surface area contributed by atoms with Crippen LogP contribution in [-0.2, 0) is 97.6 Å². The molecule has 1 aliphatic rings. The molecule has 1 aromatic heterocycles. The van der Waals surface area contributed by atoms with Crippen LogP contribution in [0.2, 0.25) is 0 Å². The number of likely N-dealkylation sites (tertiary alicyclic amines) is 1. The van der Waals surface area contributed by atoms with Gasteiger partial charge in [0.25, 0.3) is 0 Å². The number of hydrogen-bond donors (Lipinski definition) is 21. The molecular formula is C61H76N14O24. The number of amides is 11. The summed E-state index contributed by atoms with van der Waals surface area (Å²) in [5.74, 6) is -19.7. The van der Waals surface area contributed by atoms with Crippen LogP contribution in [0.1, 0.15) is 54.5 Å². The molecule has 11 atom stereocenters. The monoisotopic (exact) mass is 1390 g/mol. The number of aromatic amines is 1. The fourth-order valence-electron chi connectivity index (χ4n) is 9.88. The molecule has 4 aromatic rings. The zero-order valence-corrected chi connectivity index (χ0v) is 52.5. The summed E-state index contributed by atoms with van der Waals surface area (Å²) in [5, 5.41) is 111. The molecule has 11 amide bonds. The Morgan fingerprint density at radius 1 is 0.475 bits per heavy atom. The Hall–Kier alpha value is -11.6. The van der Waals surface area contributed by atoms with E-state index in [0.29, 0.717) is 17.5 Å². The van der Waals surface area contributed by atoms with Crippen LogP contribution in [-0.4, -0.2) is 249 Å². The van der Waals surface area contributed by atoms with Gasteiger partial charge in [-0.25, -0.2) is 9.78 Å². The van der Waals surface area contributed by atoms with Crippen molar-refractivity contribution in [2.75, 3.05) is 32.9 Å². The second-order valence-electron chi connectivity index (χ2n) is 22.5. The van der Waals surface area contributed by atoms with E-state index in [2.05, 4.69) is 57.8 Å². The summed E-state index contributed by atoms with van der Waals surface area (Å²) in [6.45, 7) is -4.59. The van der Waals surface area contributed by atoms with Gasteiger partial charge in [-0.3, -0.25) is 67.1 Å². The number of aromatic hydroxyl groups is 2. The Morgan fingerprint density at radius 2 is 0.848 bits per heavy atom. The molecule has 1 aliphatic heterocycles. The fraction of sp³-hybridized carbons (Fsp3) is 0.410. The molecule has 22 N–H and O–H groups in total. The number of nitrogens with one attached hydrogen (secondary N) is 11. The molecule has 38 nitrogen and oxygen atoms in total. The van der Waals surface area contributed by atoms with Crippen LogP contribution < -0.4 is 58.9 Å². The number of nitrogens with two attached hydrogens (primary N) is 1. The second kappa shape index (κ2) is 38.2. The summed E-state index contributed by atoms with van der Waals surface area (Å²) >= 11 is 0. The van der Waals surface area contributed by atoms with Gasteiger partial charge in [0.2, 0.25) is 65.0 Å². The average molecular weight is 1390 g/mol. The van der Waals surface area contributed by atoms with E-state index >= 15 is 0 Å². The first-order valence-electron chi connectivity index (χ1n) is 30.3. The zero-order chi connectivity index (χ0) is 73.0. The first kappa shape index (κ1) is 78.1. The summed E-state index contributed by atoms with van der Waals surface area (Å²) in [5.41, 5.74) is 6.84. The SMILES string of the molecule is N[C@@H](CC(=O)O)C(=O)N1CCC[C@H]1C(=O)NCC(=O)N[C@@H](CC(=O)O)C(=O)N[C@@H](CO)C(=O)N[C@@H](Cc1ccc(O)cc1)C(=O)N[C@@H](CO)C(=O)N[C@@H](CO)C(=O)N[C@@H](Cc1cnc[nH]1)C(=O)N[C@@H](Cc1ccccc1)C(=O)N[C@@H](CC(=O)O)C(=O)N[C@@H](Cc1ccc(O)cc1)C(=O)O. The third-order valence-corrected chi connectivity index (χ3v) is 15.0. The normalized spacial score (nSPS) is 15.5. The highest BCUT2D eigenvalue weighted by Gasteiger charge is 2.39. The van der Waals surface area contributed by atoms with Crippen molar-refractivity contribution >= 4 is 88.9 Å². The van der Waals surface area contributed by atoms with Crippen molar-refractivity contribution in [2.45, 2.75) is 124 Å². The van der Waals surface area contributed by atoms with Crippen molar-refractivity contribution in [2.24, 2.45) is 5.73 Å². The molecule has 3 aromatic carbocycles. The quantitative estimate of drug-likeness (QED) is 0.0197. The van der Waals surface area contributed by atoms with E-state index in [0.717, 1.165) is 4.90 Å². The van der Waals surface area contributed by atoms with Gasteiger partial charge in [-0.1, -0.05) is 54.6 Å². The van der Waals surface area contributed by atoms with Gasteiger partial charge in [0, 0.05) is 44.1 Å². The van der Waals surface area contributed by atoms with Crippen LogP contribution in [0.3, 0.4) is 0 Å². The predicted molar refractivity (Wildman–Crippen MR) is 335 cm³/mol. The van der Waals surface area contributed by atoms with Crippen LogP contribution >= 0.6 is 0 Å². The van der Waals surface area contributed by atoms with Gasteiger partial charge in [-0.2, -0.15) is 0 Å². The first-order valence-corrected chi connectivity index (χ1v) is 30.3. The Balaban J connectivity index is 1.29. The van der Waals surface area contributed by atoms with Crippen LogP contribution in [0, 0.1) is 0 Å². The number of carboxylic acids is 4. The number of aliphatic carboxylic acids is 4. The molecule has 5 rings (SSSR count). The topological polar surface area (TPSA) is 616 Å². The number of aliphatic hydroxyl groups excluding tert-OH is 3. The molecule has 0 radical (unpaired) electrons. The maximum absolute atomic E-state index is 14.4. The summed E-state index contributed by atoms with van der Waals surface area (Å²) in [6.07, 6.45) is -1.72. The molecule has 0 aliphatic carbocycles. The number of imidazole rings is 1. The van der Waals surface area contributed by atoms with Gasteiger partial charge in [0.1, 0.15) is 71.9 Å². The van der Waals surface area contributed by atoms with Crippen molar-refractivity contribution in [3.05, 3.63) is 114 Å². The molecule has 1 fully saturated rings. The van der Waals surface area contributed by atoms with Gasteiger partial charge in [0.15, 0.2) is 0 Å². The number of phenolic OH excluding ortho intramolecular Hbond substituents is 2. The first-order chi connectivity index (χ1) is 47.0. The summed E-state index contributed by atoms with van der Waals surface area (Å²) in [7, 11) is 0. The van der Waals surface area contributed by atoms with E-state index in [1.165, 1.54) is 61.1 Å². The van der Waals surface area contributed by atoms with Crippen molar-refractivity contribution in [3.63, 3.8) is 0 Å². The zero-order valence-electron chi connectivity index (χ0n) is 52.5. The predicted octanol–water partition coefficient (Wildman–Crippen LogP) is -7.63. The highest BCUT2D eigenvalue weighted by atomic mass is 16.4. The lowest BCUT2D eigenvalue weighted by atomic mass is 10.0. The smallest absolute Gasteiger partial charge is 0.326 e. The van der Waals surface area contributed by atoms with E-state index < -0.39 is 214 Å². The van der Waals surface area contributed by atoms with Gasteiger partial charge in [-0.05, 0) is 53.8 Å². The molecule has 38 heteroatoms. The van der Waals surface area contributed by atoms with Crippen LogP contribution in [0.4, 0.5) is 0 Å². The van der Waals surface area contributed by atoms with Gasteiger partial charge in [0.05, 0.1) is 58.0 Å². The number of nitrogens with zero attached hydrogens (tertiary/aromatic N) is 2. The third kappa shape index (κ3) is 25.1. The number of hydrogen-bond acceptors (Lipinski definition) is 22. The van der Waals surface area contributed by atoms with Crippen molar-refractivity contribution in [1.82, 2.24) is 68.0 Å². The van der Waals surface area contributed by atoms with Crippen LogP contribution in [0.5, 0.6) is 11.5 Å². The Bertz CT molecular complexity index is 3530. The Kier molecular flexibility index (Phi) is 30.1. The fourth-order valence-corrected chi connectivity index (χ4v) is 9.88. The maximum Gasteiger partial charge on any atom is 0.326 e. The number of rotatable bonds is 39.